The zero-order valence-electron chi connectivity index (χ0n) is 10.6. The van der Waals surface area contributed by atoms with Gasteiger partial charge in [0.05, 0.1) is 5.56 Å². The first kappa shape index (κ1) is 16.2. The predicted molar refractivity (Wildman–Crippen MR) is 76.6 cm³/mol. The van der Waals surface area contributed by atoms with Gasteiger partial charge in [0, 0.05) is 17.1 Å². The second kappa shape index (κ2) is 7.08. The number of amides is 1. The molecule has 0 aromatic heterocycles. The molecule has 1 saturated heterocycles. The van der Waals surface area contributed by atoms with Crippen molar-refractivity contribution in [3.05, 3.63) is 34.6 Å². The Balaban J connectivity index is 0.00000180. The minimum Gasteiger partial charge on any atom is -0.349 e. The van der Waals surface area contributed by atoms with Crippen LogP contribution in [0, 0.1) is 5.82 Å². The Morgan fingerprint density at radius 2 is 2.26 bits per heavy atom. The van der Waals surface area contributed by atoms with Gasteiger partial charge < -0.3 is 10.6 Å². The summed E-state index contributed by atoms with van der Waals surface area (Å²) >= 11 is 5.77. The van der Waals surface area contributed by atoms with Crippen molar-refractivity contribution in [3.8, 4) is 0 Å². The van der Waals surface area contributed by atoms with E-state index in [4.69, 9.17) is 11.6 Å². The van der Waals surface area contributed by atoms with E-state index in [1.165, 1.54) is 18.2 Å². The fraction of sp³-hybridized carbons (Fsp3) is 0.462. The lowest BCUT2D eigenvalue weighted by atomic mass is 10.0. The molecular formula is C13H17Cl2FN2O. The van der Waals surface area contributed by atoms with Crippen LogP contribution in [-0.4, -0.2) is 24.5 Å². The van der Waals surface area contributed by atoms with Crippen molar-refractivity contribution in [1.82, 2.24) is 10.6 Å². The molecule has 0 spiro atoms. The van der Waals surface area contributed by atoms with Gasteiger partial charge in [-0.15, -0.1) is 12.4 Å². The second-order valence-corrected chi connectivity index (χ2v) is 5.11. The molecule has 0 aliphatic carbocycles. The van der Waals surface area contributed by atoms with Crippen LogP contribution in [-0.2, 0) is 0 Å². The lowest BCUT2D eigenvalue weighted by Crippen LogP contribution is -2.46. The highest BCUT2D eigenvalue weighted by atomic mass is 35.5. The van der Waals surface area contributed by atoms with Crippen molar-refractivity contribution in [2.75, 3.05) is 6.54 Å². The topological polar surface area (TPSA) is 41.1 Å². The molecule has 1 heterocycles. The van der Waals surface area contributed by atoms with Gasteiger partial charge in [0.1, 0.15) is 5.82 Å². The molecule has 0 saturated carbocycles. The lowest BCUT2D eigenvalue weighted by Gasteiger charge is -2.28. The molecule has 2 unspecified atom stereocenters. The van der Waals surface area contributed by atoms with Crippen molar-refractivity contribution < 1.29 is 9.18 Å². The van der Waals surface area contributed by atoms with E-state index in [-0.39, 0.29) is 24.0 Å². The average molecular weight is 307 g/mol. The zero-order valence-corrected chi connectivity index (χ0v) is 12.2. The molecule has 19 heavy (non-hydrogen) atoms. The van der Waals surface area contributed by atoms with E-state index in [1.54, 1.807) is 0 Å². The summed E-state index contributed by atoms with van der Waals surface area (Å²) in [6.45, 7) is 2.93. The smallest absolute Gasteiger partial charge is 0.254 e. The largest absolute Gasteiger partial charge is 0.349 e. The minimum atomic E-state index is -0.543. The van der Waals surface area contributed by atoms with Crippen LogP contribution in [0.2, 0.25) is 5.02 Å². The second-order valence-electron chi connectivity index (χ2n) is 4.67. The molecule has 1 aromatic rings. The number of rotatable bonds is 2. The van der Waals surface area contributed by atoms with Crippen LogP contribution in [0.4, 0.5) is 4.39 Å². The Kier molecular flexibility index (Phi) is 6.04. The van der Waals surface area contributed by atoms with Gasteiger partial charge in [-0.2, -0.15) is 0 Å². The maximum atomic E-state index is 13.5. The maximum Gasteiger partial charge on any atom is 0.254 e. The molecular weight excluding hydrogens is 290 g/mol. The van der Waals surface area contributed by atoms with Gasteiger partial charge in [-0.3, -0.25) is 4.79 Å². The van der Waals surface area contributed by atoms with Gasteiger partial charge in [0.15, 0.2) is 0 Å². The summed E-state index contributed by atoms with van der Waals surface area (Å²) in [5.41, 5.74) is 0.00804. The van der Waals surface area contributed by atoms with E-state index in [0.717, 1.165) is 19.4 Å². The van der Waals surface area contributed by atoms with E-state index in [2.05, 4.69) is 17.6 Å². The molecule has 2 N–H and O–H groups in total. The first-order chi connectivity index (χ1) is 8.56. The number of benzene rings is 1. The summed E-state index contributed by atoms with van der Waals surface area (Å²) in [6.07, 6.45) is 1.71. The van der Waals surface area contributed by atoms with E-state index in [9.17, 15) is 9.18 Å². The summed E-state index contributed by atoms with van der Waals surface area (Å²) in [7, 11) is 0. The molecule has 0 bridgehead atoms. The number of nitrogens with one attached hydrogen (secondary N) is 2. The van der Waals surface area contributed by atoms with Crippen LogP contribution in [0.3, 0.4) is 0 Å². The van der Waals surface area contributed by atoms with Crippen LogP contribution >= 0.6 is 24.0 Å². The third kappa shape index (κ3) is 4.34. The third-order valence-corrected chi connectivity index (χ3v) is 3.37. The van der Waals surface area contributed by atoms with Crippen LogP contribution in [0.1, 0.15) is 30.1 Å². The van der Waals surface area contributed by atoms with Crippen LogP contribution in [0.5, 0.6) is 0 Å². The van der Waals surface area contributed by atoms with E-state index < -0.39 is 11.7 Å². The van der Waals surface area contributed by atoms with Gasteiger partial charge in [-0.05, 0) is 44.5 Å². The summed E-state index contributed by atoms with van der Waals surface area (Å²) in [5, 5.41) is 6.52. The summed E-state index contributed by atoms with van der Waals surface area (Å²) < 4.78 is 13.5. The molecule has 1 amide bonds. The number of carbonyl (C=O) groups excluding carboxylic acids is 1. The van der Waals surface area contributed by atoms with Crippen LogP contribution < -0.4 is 10.6 Å². The molecule has 1 fully saturated rings. The molecule has 0 radical (unpaired) electrons. The number of hydrogen-bond donors (Lipinski definition) is 2. The van der Waals surface area contributed by atoms with Gasteiger partial charge in [0.2, 0.25) is 0 Å². The van der Waals surface area contributed by atoms with Gasteiger partial charge in [-0.1, -0.05) is 11.6 Å². The highest BCUT2D eigenvalue weighted by Crippen LogP contribution is 2.16. The van der Waals surface area contributed by atoms with Gasteiger partial charge in [-0.25, -0.2) is 4.39 Å². The van der Waals surface area contributed by atoms with Crippen molar-refractivity contribution in [2.24, 2.45) is 0 Å². The molecule has 106 valence electrons. The highest BCUT2D eigenvalue weighted by molar-refractivity contribution is 6.31. The van der Waals surface area contributed by atoms with Gasteiger partial charge >= 0.3 is 0 Å². The molecule has 1 aliphatic heterocycles. The minimum absolute atomic E-state index is 0. The van der Waals surface area contributed by atoms with Gasteiger partial charge in [0.25, 0.3) is 5.91 Å². The summed E-state index contributed by atoms with van der Waals surface area (Å²) in [6, 6.07) is 4.46. The highest BCUT2D eigenvalue weighted by Gasteiger charge is 2.21. The molecule has 3 nitrogen and oxygen atoms in total. The normalized spacial score (nSPS) is 22.5. The molecule has 6 heteroatoms. The molecule has 2 atom stereocenters. The SMILES string of the molecule is CC1CC(NC(=O)c2cc(Cl)ccc2F)CCN1.Cl. The third-order valence-electron chi connectivity index (χ3n) is 3.13. The summed E-state index contributed by atoms with van der Waals surface area (Å²) in [5.74, 6) is -0.937. The average Bonchev–Trinajstić information content (AvgIpc) is 2.32. The Bertz CT molecular complexity index is 456. The Morgan fingerprint density at radius 1 is 1.53 bits per heavy atom. The molecule has 1 aliphatic rings. The van der Waals surface area contributed by atoms with Crippen molar-refractivity contribution in [3.63, 3.8) is 0 Å². The Labute approximate surface area is 123 Å². The van der Waals surface area contributed by atoms with Crippen molar-refractivity contribution in [2.45, 2.75) is 31.8 Å². The van der Waals surface area contributed by atoms with E-state index >= 15 is 0 Å². The predicted octanol–water partition coefficient (Wildman–Crippen LogP) is 2.77. The van der Waals surface area contributed by atoms with Crippen LogP contribution in [0.25, 0.3) is 0 Å². The van der Waals surface area contributed by atoms with E-state index in [0.29, 0.717) is 11.1 Å². The number of halogens is 3. The van der Waals surface area contributed by atoms with Crippen molar-refractivity contribution in [1.29, 1.82) is 0 Å². The fourth-order valence-electron chi connectivity index (χ4n) is 2.20. The Hall–Kier alpha value is -0.840. The Morgan fingerprint density at radius 3 is 2.95 bits per heavy atom. The zero-order chi connectivity index (χ0) is 13.1. The molecule has 1 aromatic carbocycles. The van der Waals surface area contributed by atoms with Crippen LogP contribution in [0.15, 0.2) is 18.2 Å². The monoisotopic (exact) mass is 306 g/mol. The standard InChI is InChI=1S/C13H16ClFN2O.ClH/c1-8-6-10(4-5-16-8)17-13(18)11-7-9(14)2-3-12(11)15;/h2-3,7-8,10,16H,4-6H2,1H3,(H,17,18);1H. The lowest BCUT2D eigenvalue weighted by molar-refractivity contribution is 0.0921. The number of hydrogen-bond acceptors (Lipinski definition) is 2. The maximum absolute atomic E-state index is 13.5. The number of piperidine rings is 1. The number of carbonyl (C=O) groups is 1. The quantitative estimate of drug-likeness (QED) is 0.882. The molecule has 2 rings (SSSR count). The first-order valence-electron chi connectivity index (χ1n) is 6.05. The first-order valence-corrected chi connectivity index (χ1v) is 6.43. The van der Waals surface area contributed by atoms with E-state index in [1.807, 2.05) is 0 Å². The summed E-state index contributed by atoms with van der Waals surface area (Å²) in [4.78, 5) is 12.0. The fourth-order valence-corrected chi connectivity index (χ4v) is 2.37. The van der Waals surface area contributed by atoms with Crippen molar-refractivity contribution >= 4 is 29.9 Å².